The molecular weight excluding hydrogens is 220 g/mol. The highest BCUT2D eigenvalue weighted by atomic mass is 14.9. The van der Waals surface area contributed by atoms with Crippen molar-refractivity contribution in [1.29, 1.82) is 0 Å². The van der Waals surface area contributed by atoms with Crippen LogP contribution in [0.3, 0.4) is 0 Å². The molecule has 3 N–H and O–H groups in total. The van der Waals surface area contributed by atoms with E-state index in [1.165, 1.54) is 44.1 Å². The summed E-state index contributed by atoms with van der Waals surface area (Å²) in [7, 11) is 0. The van der Waals surface area contributed by atoms with E-state index in [2.05, 4.69) is 36.5 Å². The minimum absolute atomic E-state index is 0.307. The summed E-state index contributed by atoms with van der Waals surface area (Å²) in [5, 5.41) is 3.55. The molecule has 0 aliphatic carbocycles. The smallest absolute Gasteiger partial charge is 0.0444 e. The van der Waals surface area contributed by atoms with E-state index in [0.29, 0.717) is 12.6 Å². The van der Waals surface area contributed by atoms with E-state index in [1.807, 2.05) is 6.07 Å². The number of rotatable bonds is 10. The SMILES string of the molecule is CCCCCCCCNC(CN)c1ccccc1. The number of nitrogens with one attached hydrogen (secondary N) is 1. The summed E-state index contributed by atoms with van der Waals surface area (Å²) >= 11 is 0. The van der Waals surface area contributed by atoms with Gasteiger partial charge in [-0.2, -0.15) is 0 Å². The fraction of sp³-hybridized carbons (Fsp3) is 0.625. The number of hydrogen-bond donors (Lipinski definition) is 2. The topological polar surface area (TPSA) is 38.0 Å². The lowest BCUT2D eigenvalue weighted by Crippen LogP contribution is -2.28. The Balaban J connectivity index is 2.13. The van der Waals surface area contributed by atoms with Crippen molar-refractivity contribution in [3.05, 3.63) is 35.9 Å². The Morgan fingerprint density at radius 1 is 1.00 bits per heavy atom. The molecule has 0 fully saturated rings. The molecule has 0 spiro atoms. The monoisotopic (exact) mass is 248 g/mol. The summed E-state index contributed by atoms with van der Waals surface area (Å²) in [6.45, 7) is 4.00. The van der Waals surface area contributed by atoms with Crippen LogP contribution in [0.4, 0.5) is 0 Å². The van der Waals surface area contributed by atoms with E-state index in [9.17, 15) is 0 Å². The van der Waals surface area contributed by atoms with Crippen LogP contribution in [0.1, 0.15) is 57.1 Å². The third-order valence-corrected chi connectivity index (χ3v) is 3.36. The van der Waals surface area contributed by atoms with Crippen molar-refractivity contribution in [1.82, 2.24) is 5.32 Å². The van der Waals surface area contributed by atoms with Gasteiger partial charge in [-0.3, -0.25) is 0 Å². The largest absolute Gasteiger partial charge is 0.329 e. The average Bonchev–Trinajstić information content (AvgIpc) is 2.43. The normalized spacial score (nSPS) is 12.6. The number of benzene rings is 1. The molecule has 2 heteroatoms. The molecule has 0 heterocycles. The van der Waals surface area contributed by atoms with E-state index >= 15 is 0 Å². The van der Waals surface area contributed by atoms with Gasteiger partial charge in [-0.15, -0.1) is 0 Å². The van der Waals surface area contributed by atoms with E-state index in [0.717, 1.165) is 6.54 Å². The van der Waals surface area contributed by atoms with Gasteiger partial charge >= 0.3 is 0 Å². The highest BCUT2D eigenvalue weighted by molar-refractivity contribution is 5.19. The van der Waals surface area contributed by atoms with E-state index in [4.69, 9.17) is 5.73 Å². The Bertz CT molecular complexity index is 284. The molecule has 2 nitrogen and oxygen atoms in total. The first kappa shape index (κ1) is 15.2. The fourth-order valence-corrected chi connectivity index (χ4v) is 2.20. The molecular formula is C16H28N2. The first-order valence-corrected chi connectivity index (χ1v) is 7.37. The van der Waals surface area contributed by atoms with Crippen molar-refractivity contribution in [2.45, 2.75) is 51.5 Å². The zero-order valence-corrected chi connectivity index (χ0v) is 11.7. The summed E-state index contributed by atoms with van der Waals surface area (Å²) in [5.41, 5.74) is 7.12. The highest BCUT2D eigenvalue weighted by Gasteiger charge is 2.06. The van der Waals surface area contributed by atoms with E-state index < -0.39 is 0 Å². The van der Waals surface area contributed by atoms with Crippen LogP contribution in [0.15, 0.2) is 30.3 Å². The molecule has 1 unspecified atom stereocenters. The van der Waals surface area contributed by atoms with Crippen LogP contribution in [-0.2, 0) is 0 Å². The molecule has 0 amide bonds. The van der Waals surface area contributed by atoms with E-state index in [1.54, 1.807) is 0 Å². The molecule has 0 radical (unpaired) electrons. The minimum Gasteiger partial charge on any atom is -0.329 e. The van der Waals surface area contributed by atoms with Crippen LogP contribution in [0.2, 0.25) is 0 Å². The molecule has 1 aromatic rings. The van der Waals surface area contributed by atoms with Crippen molar-refractivity contribution in [3.63, 3.8) is 0 Å². The lowest BCUT2D eigenvalue weighted by atomic mass is 10.1. The van der Waals surface area contributed by atoms with Crippen molar-refractivity contribution in [2.75, 3.05) is 13.1 Å². The van der Waals surface area contributed by atoms with Crippen LogP contribution < -0.4 is 11.1 Å². The maximum atomic E-state index is 5.82. The van der Waals surface area contributed by atoms with Gasteiger partial charge in [0.15, 0.2) is 0 Å². The maximum Gasteiger partial charge on any atom is 0.0444 e. The van der Waals surface area contributed by atoms with Crippen molar-refractivity contribution >= 4 is 0 Å². The molecule has 1 atom stereocenters. The van der Waals surface area contributed by atoms with Crippen molar-refractivity contribution < 1.29 is 0 Å². The lowest BCUT2D eigenvalue weighted by molar-refractivity contribution is 0.508. The van der Waals surface area contributed by atoms with Crippen molar-refractivity contribution in [2.24, 2.45) is 5.73 Å². The molecule has 102 valence electrons. The average molecular weight is 248 g/mol. The molecule has 0 aromatic heterocycles. The zero-order valence-electron chi connectivity index (χ0n) is 11.7. The summed E-state index contributed by atoms with van der Waals surface area (Å²) < 4.78 is 0. The summed E-state index contributed by atoms with van der Waals surface area (Å²) in [4.78, 5) is 0. The van der Waals surface area contributed by atoms with Gasteiger partial charge in [0.2, 0.25) is 0 Å². The molecule has 0 saturated heterocycles. The van der Waals surface area contributed by atoms with Crippen LogP contribution in [-0.4, -0.2) is 13.1 Å². The highest BCUT2D eigenvalue weighted by Crippen LogP contribution is 2.11. The van der Waals surface area contributed by atoms with Gasteiger partial charge in [-0.1, -0.05) is 69.4 Å². The minimum atomic E-state index is 0.307. The second kappa shape index (κ2) is 10.1. The molecule has 0 bridgehead atoms. The van der Waals surface area contributed by atoms with Gasteiger partial charge in [0.25, 0.3) is 0 Å². The predicted octanol–water partition coefficient (Wildman–Crippen LogP) is 3.64. The first-order chi connectivity index (χ1) is 8.88. The predicted molar refractivity (Wildman–Crippen MR) is 79.6 cm³/mol. The Hall–Kier alpha value is -0.860. The molecule has 0 saturated carbocycles. The van der Waals surface area contributed by atoms with Crippen LogP contribution in [0, 0.1) is 0 Å². The van der Waals surface area contributed by atoms with Gasteiger partial charge < -0.3 is 11.1 Å². The molecule has 18 heavy (non-hydrogen) atoms. The van der Waals surface area contributed by atoms with Crippen molar-refractivity contribution in [3.8, 4) is 0 Å². The summed E-state index contributed by atoms with van der Waals surface area (Å²) in [6.07, 6.45) is 8.04. The van der Waals surface area contributed by atoms with Crippen LogP contribution >= 0.6 is 0 Å². The van der Waals surface area contributed by atoms with Gasteiger partial charge in [0, 0.05) is 12.6 Å². The van der Waals surface area contributed by atoms with Gasteiger partial charge in [0.05, 0.1) is 0 Å². The Morgan fingerprint density at radius 3 is 2.33 bits per heavy atom. The third kappa shape index (κ3) is 6.18. The molecule has 1 aromatic carbocycles. The van der Waals surface area contributed by atoms with Gasteiger partial charge in [-0.05, 0) is 18.5 Å². The number of nitrogens with two attached hydrogens (primary N) is 1. The number of unbranched alkanes of at least 4 members (excludes halogenated alkanes) is 5. The Labute approximate surface area is 112 Å². The lowest BCUT2D eigenvalue weighted by Gasteiger charge is -2.17. The van der Waals surface area contributed by atoms with Crippen LogP contribution in [0.5, 0.6) is 0 Å². The standard InChI is InChI=1S/C16H28N2/c1-2-3-4-5-6-10-13-18-16(14-17)15-11-8-7-9-12-15/h7-9,11-12,16,18H,2-6,10,13-14,17H2,1H3. The molecule has 0 aliphatic heterocycles. The molecule has 0 aliphatic rings. The first-order valence-electron chi connectivity index (χ1n) is 7.37. The maximum absolute atomic E-state index is 5.82. The Kier molecular flexibility index (Phi) is 8.53. The summed E-state index contributed by atoms with van der Waals surface area (Å²) in [5.74, 6) is 0. The second-order valence-electron chi connectivity index (χ2n) is 4.92. The fourth-order valence-electron chi connectivity index (χ4n) is 2.20. The van der Waals surface area contributed by atoms with E-state index in [-0.39, 0.29) is 0 Å². The summed E-state index contributed by atoms with van der Waals surface area (Å²) in [6, 6.07) is 10.8. The molecule has 1 rings (SSSR count). The van der Waals surface area contributed by atoms with Gasteiger partial charge in [0.1, 0.15) is 0 Å². The Morgan fingerprint density at radius 2 is 1.67 bits per heavy atom. The third-order valence-electron chi connectivity index (χ3n) is 3.36. The van der Waals surface area contributed by atoms with Crippen LogP contribution in [0.25, 0.3) is 0 Å². The van der Waals surface area contributed by atoms with Gasteiger partial charge in [-0.25, -0.2) is 0 Å². The quantitative estimate of drug-likeness (QED) is 0.620. The zero-order chi connectivity index (χ0) is 13.1. The number of hydrogen-bond acceptors (Lipinski definition) is 2. The second-order valence-corrected chi connectivity index (χ2v) is 4.92.